The van der Waals surface area contributed by atoms with Gasteiger partial charge < -0.3 is 10.5 Å². The largest absolute Gasteiger partial charge is 0.487 e. The molecule has 2 atom stereocenters. The second-order valence-electron chi connectivity index (χ2n) is 6.13. The Kier molecular flexibility index (Phi) is 6.41. The van der Waals surface area contributed by atoms with E-state index < -0.39 is 0 Å². The summed E-state index contributed by atoms with van der Waals surface area (Å²) in [4.78, 5) is 6.82. The molecular weight excluding hydrogens is 330 g/mol. The van der Waals surface area contributed by atoms with Crippen LogP contribution in [-0.4, -0.2) is 29.0 Å². The molecule has 2 heterocycles. The molecule has 4 nitrogen and oxygen atoms in total. The number of rotatable bonds is 5. The molecule has 0 radical (unpaired) electrons. The van der Waals surface area contributed by atoms with Gasteiger partial charge in [-0.05, 0) is 30.5 Å². The lowest BCUT2D eigenvalue weighted by atomic mass is 10.1. The maximum absolute atomic E-state index is 6.08. The molecule has 2 aromatic rings. The second kappa shape index (κ2) is 8.11. The maximum atomic E-state index is 6.08. The van der Waals surface area contributed by atoms with E-state index in [-0.39, 0.29) is 12.4 Å². The fraction of sp³-hybridized carbons (Fsp3) is 0.471. The van der Waals surface area contributed by atoms with Gasteiger partial charge >= 0.3 is 0 Å². The summed E-state index contributed by atoms with van der Waals surface area (Å²) in [5, 5.41) is 3.12. The smallest absolute Gasteiger partial charge is 0.131 e. The molecule has 0 saturated carbocycles. The summed E-state index contributed by atoms with van der Waals surface area (Å²) in [5.41, 5.74) is 8.37. The van der Waals surface area contributed by atoms with Crippen LogP contribution in [0.15, 0.2) is 29.6 Å². The zero-order valence-electron chi connectivity index (χ0n) is 13.6. The van der Waals surface area contributed by atoms with Crippen LogP contribution >= 0.6 is 23.7 Å². The van der Waals surface area contributed by atoms with E-state index in [0.29, 0.717) is 18.6 Å². The summed E-state index contributed by atoms with van der Waals surface area (Å²) in [6.07, 6.45) is 0. The topological polar surface area (TPSA) is 51.4 Å². The molecule has 0 bridgehead atoms. The lowest BCUT2D eigenvalue weighted by Gasteiger charge is -2.15. The molecule has 3 rings (SSSR count). The van der Waals surface area contributed by atoms with Gasteiger partial charge in [-0.2, -0.15) is 0 Å². The van der Waals surface area contributed by atoms with Crippen LogP contribution in [0.2, 0.25) is 0 Å². The van der Waals surface area contributed by atoms with Gasteiger partial charge in [-0.15, -0.1) is 23.7 Å². The number of aryl methyl sites for hydroxylation is 1. The minimum absolute atomic E-state index is 0. The molecule has 1 aliphatic rings. The van der Waals surface area contributed by atoms with Gasteiger partial charge in [-0.25, -0.2) is 4.98 Å². The molecule has 1 fully saturated rings. The van der Waals surface area contributed by atoms with Crippen LogP contribution in [0.25, 0.3) is 0 Å². The minimum Gasteiger partial charge on any atom is -0.487 e. The van der Waals surface area contributed by atoms with E-state index in [1.165, 1.54) is 5.56 Å². The average Bonchev–Trinajstić information content (AvgIpc) is 3.04. The molecule has 2 N–H and O–H groups in total. The molecule has 6 heteroatoms. The standard InChI is InChI=1S/C17H23N3OS.ClH/c1-12-7-20(9-17(12)18)8-14-3-5-16(6-4-14)21-10-15-11-22-13(2)19-15;/h3-6,11-12,17H,7-10,18H2,1-2H3;1H. The van der Waals surface area contributed by atoms with E-state index >= 15 is 0 Å². The van der Waals surface area contributed by atoms with Crippen LogP contribution in [-0.2, 0) is 13.2 Å². The van der Waals surface area contributed by atoms with E-state index in [9.17, 15) is 0 Å². The highest BCUT2D eigenvalue weighted by molar-refractivity contribution is 7.09. The number of nitrogens with zero attached hydrogens (tertiary/aromatic N) is 2. The lowest BCUT2D eigenvalue weighted by molar-refractivity contribution is 0.300. The summed E-state index contributed by atoms with van der Waals surface area (Å²) in [6, 6.07) is 8.65. The summed E-state index contributed by atoms with van der Waals surface area (Å²) in [5.74, 6) is 1.48. The summed E-state index contributed by atoms with van der Waals surface area (Å²) in [7, 11) is 0. The lowest BCUT2D eigenvalue weighted by Crippen LogP contribution is -2.28. The third kappa shape index (κ3) is 4.91. The highest BCUT2D eigenvalue weighted by Gasteiger charge is 2.26. The first-order valence-corrected chi connectivity index (χ1v) is 8.59. The molecule has 2 unspecified atom stereocenters. The highest BCUT2D eigenvalue weighted by atomic mass is 35.5. The Bertz CT molecular complexity index is 607. The number of ether oxygens (including phenoxy) is 1. The molecule has 23 heavy (non-hydrogen) atoms. The van der Waals surface area contributed by atoms with Crippen molar-refractivity contribution in [3.8, 4) is 5.75 Å². The third-order valence-electron chi connectivity index (χ3n) is 4.13. The fourth-order valence-corrected chi connectivity index (χ4v) is 3.40. The number of aromatic nitrogens is 1. The Balaban J connectivity index is 0.00000192. The predicted octanol–water partition coefficient (Wildman–Crippen LogP) is 3.23. The van der Waals surface area contributed by atoms with Crippen LogP contribution < -0.4 is 10.5 Å². The van der Waals surface area contributed by atoms with Crippen molar-refractivity contribution >= 4 is 23.7 Å². The minimum atomic E-state index is 0. The van der Waals surface area contributed by atoms with Crippen LogP contribution in [0.1, 0.15) is 23.2 Å². The molecule has 0 amide bonds. The zero-order chi connectivity index (χ0) is 15.5. The van der Waals surface area contributed by atoms with Gasteiger partial charge in [0.25, 0.3) is 0 Å². The van der Waals surface area contributed by atoms with E-state index in [1.807, 2.05) is 24.4 Å². The van der Waals surface area contributed by atoms with Crippen molar-refractivity contribution in [2.45, 2.75) is 33.0 Å². The van der Waals surface area contributed by atoms with Gasteiger partial charge in [0, 0.05) is 31.1 Å². The summed E-state index contributed by atoms with van der Waals surface area (Å²) < 4.78 is 5.78. The Morgan fingerprint density at radius 3 is 2.61 bits per heavy atom. The van der Waals surface area contributed by atoms with Gasteiger partial charge in [0.1, 0.15) is 12.4 Å². The van der Waals surface area contributed by atoms with Crippen LogP contribution in [0.3, 0.4) is 0 Å². The number of nitrogens with two attached hydrogens (primary N) is 1. The molecular formula is C17H24ClN3OS. The zero-order valence-corrected chi connectivity index (χ0v) is 15.2. The predicted molar refractivity (Wildman–Crippen MR) is 97.3 cm³/mol. The second-order valence-corrected chi connectivity index (χ2v) is 7.19. The van der Waals surface area contributed by atoms with Crippen molar-refractivity contribution in [3.05, 3.63) is 45.9 Å². The van der Waals surface area contributed by atoms with Crippen molar-refractivity contribution < 1.29 is 4.74 Å². The maximum Gasteiger partial charge on any atom is 0.131 e. The summed E-state index contributed by atoms with van der Waals surface area (Å²) in [6.45, 7) is 7.80. The Morgan fingerprint density at radius 2 is 2.04 bits per heavy atom. The molecule has 126 valence electrons. The van der Waals surface area contributed by atoms with E-state index in [1.54, 1.807) is 11.3 Å². The first kappa shape index (κ1) is 18.2. The first-order chi connectivity index (χ1) is 10.6. The van der Waals surface area contributed by atoms with E-state index in [4.69, 9.17) is 10.5 Å². The van der Waals surface area contributed by atoms with E-state index in [0.717, 1.165) is 36.1 Å². The van der Waals surface area contributed by atoms with E-state index in [2.05, 4.69) is 28.9 Å². The van der Waals surface area contributed by atoms with Gasteiger partial charge in [0.15, 0.2) is 0 Å². The Hall–Kier alpha value is -1.14. The highest BCUT2D eigenvalue weighted by Crippen LogP contribution is 2.20. The number of halogens is 1. The number of likely N-dealkylation sites (tertiary alicyclic amines) is 1. The van der Waals surface area contributed by atoms with Gasteiger partial charge in [-0.3, -0.25) is 4.90 Å². The van der Waals surface area contributed by atoms with Gasteiger partial charge in [0.05, 0.1) is 10.7 Å². The molecule has 1 aliphatic heterocycles. The number of benzene rings is 1. The fourth-order valence-electron chi connectivity index (χ4n) is 2.81. The average molecular weight is 354 g/mol. The number of hydrogen-bond donors (Lipinski definition) is 1. The Morgan fingerprint density at radius 1 is 1.30 bits per heavy atom. The molecule has 0 spiro atoms. The number of hydrogen-bond acceptors (Lipinski definition) is 5. The van der Waals surface area contributed by atoms with Crippen molar-refractivity contribution in [3.63, 3.8) is 0 Å². The third-order valence-corrected chi connectivity index (χ3v) is 4.95. The first-order valence-electron chi connectivity index (χ1n) is 7.71. The monoisotopic (exact) mass is 353 g/mol. The van der Waals surface area contributed by atoms with Crippen molar-refractivity contribution in [2.24, 2.45) is 11.7 Å². The SMILES string of the molecule is Cc1nc(COc2ccc(CN3CC(C)C(N)C3)cc2)cs1.Cl. The van der Waals surface area contributed by atoms with Gasteiger partial charge in [0.2, 0.25) is 0 Å². The molecule has 1 aromatic heterocycles. The Labute approximate surface area is 148 Å². The van der Waals surface area contributed by atoms with Crippen LogP contribution in [0, 0.1) is 12.8 Å². The quantitative estimate of drug-likeness (QED) is 0.896. The molecule has 1 saturated heterocycles. The van der Waals surface area contributed by atoms with Crippen LogP contribution in [0.4, 0.5) is 0 Å². The molecule has 0 aliphatic carbocycles. The normalized spacial score (nSPS) is 21.2. The number of thiazole rings is 1. The van der Waals surface area contributed by atoms with Crippen molar-refractivity contribution in [2.75, 3.05) is 13.1 Å². The molecule has 1 aromatic carbocycles. The van der Waals surface area contributed by atoms with Crippen molar-refractivity contribution in [1.29, 1.82) is 0 Å². The van der Waals surface area contributed by atoms with Gasteiger partial charge in [-0.1, -0.05) is 19.1 Å². The summed E-state index contributed by atoms with van der Waals surface area (Å²) >= 11 is 1.65. The van der Waals surface area contributed by atoms with Crippen molar-refractivity contribution in [1.82, 2.24) is 9.88 Å². The van der Waals surface area contributed by atoms with Crippen LogP contribution in [0.5, 0.6) is 5.75 Å².